The highest BCUT2D eigenvalue weighted by Gasteiger charge is 2.38. The van der Waals surface area contributed by atoms with Crippen molar-refractivity contribution in [3.63, 3.8) is 0 Å². The Labute approximate surface area is 130 Å². The highest BCUT2D eigenvalue weighted by Crippen LogP contribution is 2.29. The van der Waals surface area contributed by atoms with Crippen molar-refractivity contribution < 1.29 is 19.6 Å². The van der Waals surface area contributed by atoms with Crippen LogP contribution in [0, 0.1) is 16.0 Å². The molecule has 1 fully saturated rings. The number of nitro groups is 1. The molecule has 1 aromatic carbocycles. The molecule has 2 atom stereocenters. The number of rotatable bonds is 3. The molecule has 2 aromatic rings. The molecular weight excluding hydrogens is 302 g/mol. The van der Waals surface area contributed by atoms with E-state index in [-0.39, 0.29) is 17.3 Å². The molecule has 2 N–H and O–H groups in total. The van der Waals surface area contributed by atoms with E-state index >= 15 is 0 Å². The first-order valence-electron chi connectivity index (χ1n) is 7.20. The maximum atomic E-state index is 12.6. The third kappa shape index (κ3) is 2.41. The summed E-state index contributed by atoms with van der Waals surface area (Å²) in [6, 6.07) is 5.75. The standard InChI is InChI=1S/C15H15N3O5/c1-8-10(15(20)21)5-6-17(8)14(19)11-7-9-3-2-4-12(18(22)23)13(9)16-11/h2-4,7-8,10,16H,5-6H2,1H3,(H,20,21). The number of carboxylic acid groups (broad SMARTS) is 1. The minimum absolute atomic E-state index is 0.0977. The van der Waals surface area contributed by atoms with Crippen LogP contribution in [0.3, 0.4) is 0 Å². The van der Waals surface area contributed by atoms with Crippen molar-refractivity contribution in [2.45, 2.75) is 19.4 Å². The Morgan fingerprint density at radius 1 is 1.43 bits per heavy atom. The van der Waals surface area contributed by atoms with Gasteiger partial charge in [-0.1, -0.05) is 12.1 Å². The second kappa shape index (κ2) is 5.38. The first-order valence-corrected chi connectivity index (χ1v) is 7.20. The molecule has 2 unspecified atom stereocenters. The Kier molecular flexibility index (Phi) is 3.51. The highest BCUT2D eigenvalue weighted by molar-refractivity contribution is 6.00. The lowest BCUT2D eigenvalue weighted by molar-refractivity contribution is -0.383. The maximum absolute atomic E-state index is 12.6. The molecule has 23 heavy (non-hydrogen) atoms. The van der Waals surface area contributed by atoms with Gasteiger partial charge in [-0.3, -0.25) is 19.7 Å². The number of aromatic nitrogens is 1. The predicted molar refractivity (Wildman–Crippen MR) is 81.2 cm³/mol. The number of H-pyrrole nitrogens is 1. The smallest absolute Gasteiger partial charge is 0.308 e. The average Bonchev–Trinajstić information content (AvgIpc) is 3.09. The number of benzene rings is 1. The zero-order valence-electron chi connectivity index (χ0n) is 12.4. The summed E-state index contributed by atoms with van der Waals surface area (Å²) in [5.74, 6) is -1.84. The van der Waals surface area contributed by atoms with Gasteiger partial charge in [0.05, 0.1) is 10.8 Å². The molecule has 1 aromatic heterocycles. The Balaban J connectivity index is 1.95. The van der Waals surface area contributed by atoms with Crippen LogP contribution in [-0.4, -0.2) is 44.4 Å². The number of hydrogen-bond acceptors (Lipinski definition) is 4. The molecule has 1 amide bonds. The lowest BCUT2D eigenvalue weighted by Crippen LogP contribution is -2.37. The fourth-order valence-corrected chi connectivity index (χ4v) is 3.12. The number of nitrogens with one attached hydrogen (secondary N) is 1. The molecule has 0 spiro atoms. The van der Waals surface area contributed by atoms with Crippen molar-refractivity contribution in [1.82, 2.24) is 9.88 Å². The number of amides is 1. The van der Waals surface area contributed by atoms with Crippen molar-refractivity contribution in [3.05, 3.63) is 40.1 Å². The predicted octanol–water partition coefficient (Wildman–Crippen LogP) is 2.01. The van der Waals surface area contributed by atoms with Crippen LogP contribution >= 0.6 is 0 Å². The van der Waals surface area contributed by atoms with Crippen molar-refractivity contribution >= 4 is 28.5 Å². The number of para-hydroxylation sites is 1. The van der Waals surface area contributed by atoms with Crippen LogP contribution < -0.4 is 0 Å². The van der Waals surface area contributed by atoms with E-state index in [2.05, 4.69) is 4.98 Å². The number of carbonyl (C=O) groups is 2. The van der Waals surface area contributed by atoms with Crippen LogP contribution in [0.1, 0.15) is 23.8 Å². The number of non-ortho nitro benzene ring substituents is 1. The molecule has 2 heterocycles. The van der Waals surface area contributed by atoms with Crippen LogP contribution in [0.15, 0.2) is 24.3 Å². The average molecular weight is 317 g/mol. The second-order valence-electron chi connectivity index (χ2n) is 5.65. The quantitative estimate of drug-likeness (QED) is 0.663. The largest absolute Gasteiger partial charge is 0.481 e. The summed E-state index contributed by atoms with van der Waals surface area (Å²) in [5, 5.41) is 20.8. The van der Waals surface area contributed by atoms with Gasteiger partial charge in [-0.15, -0.1) is 0 Å². The molecule has 120 valence electrons. The van der Waals surface area contributed by atoms with Crippen molar-refractivity contribution in [2.75, 3.05) is 6.54 Å². The second-order valence-corrected chi connectivity index (χ2v) is 5.65. The van der Waals surface area contributed by atoms with Crippen LogP contribution in [0.25, 0.3) is 10.9 Å². The van der Waals surface area contributed by atoms with Gasteiger partial charge in [-0.2, -0.15) is 0 Å². The van der Waals surface area contributed by atoms with Gasteiger partial charge in [0.15, 0.2) is 0 Å². The number of carbonyl (C=O) groups excluding carboxylic acids is 1. The monoisotopic (exact) mass is 317 g/mol. The van der Waals surface area contributed by atoms with E-state index < -0.39 is 22.9 Å². The first kappa shape index (κ1) is 15.0. The van der Waals surface area contributed by atoms with Gasteiger partial charge in [-0.25, -0.2) is 0 Å². The minimum Gasteiger partial charge on any atom is -0.481 e. The SMILES string of the molecule is CC1C(C(=O)O)CCN1C(=O)c1cc2cccc([N+](=O)[O-])c2[nH]1. The molecule has 0 aliphatic carbocycles. The number of hydrogen-bond donors (Lipinski definition) is 2. The summed E-state index contributed by atoms with van der Waals surface area (Å²) in [6.07, 6.45) is 0.405. The normalized spacial score (nSPS) is 20.8. The fourth-order valence-electron chi connectivity index (χ4n) is 3.12. The number of carboxylic acids is 1. The molecule has 0 radical (unpaired) electrons. The first-order chi connectivity index (χ1) is 10.9. The van der Waals surface area contributed by atoms with Crippen LogP contribution in [0.4, 0.5) is 5.69 Å². The number of nitrogens with zero attached hydrogens (tertiary/aromatic N) is 2. The van der Waals surface area contributed by atoms with E-state index in [1.807, 2.05) is 0 Å². The fraction of sp³-hybridized carbons (Fsp3) is 0.333. The molecule has 1 aliphatic heterocycles. The summed E-state index contributed by atoms with van der Waals surface area (Å²) in [7, 11) is 0. The van der Waals surface area contributed by atoms with E-state index in [4.69, 9.17) is 5.11 Å². The summed E-state index contributed by atoms with van der Waals surface area (Å²) in [4.78, 5) is 38.6. The van der Waals surface area contributed by atoms with Gasteiger partial charge in [0.25, 0.3) is 11.6 Å². The van der Waals surface area contributed by atoms with Gasteiger partial charge in [0.1, 0.15) is 11.2 Å². The van der Waals surface area contributed by atoms with Gasteiger partial charge in [0, 0.05) is 24.0 Å². The van der Waals surface area contributed by atoms with E-state index in [1.54, 1.807) is 25.1 Å². The van der Waals surface area contributed by atoms with Crippen molar-refractivity contribution in [3.8, 4) is 0 Å². The topological polar surface area (TPSA) is 117 Å². The van der Waals surface area contributed by atoms with Gasteiger partial charge in [-0.05, 0) is 19.4 Å². The Bertz CT molecular complexity index is 813. The van der Waals surface area contributed by atoms with Crippen molar-refractivity contribution in [2.24, 2.45) is 5.92 Å². The zero-order chi connectivity index (χ0) is 16.7. The minimum atomic E-state index is -0.917. The number of aromatic amines is 1. The molecule has 3 rings (SSSR count). The molecule has 8 nitrogen and oxygen atoms in total. The lowest BCUT2D eigenvalue weighted by Gasteiger charge is -2.22. The van der Waals surface area contributed by atoms with Crippen molar-refractivity contribution in [1.29, 1.82) is 0 Å². The Morgan fingerprint density at radius 2 is 2.17 bits per heavy atom. The van der Waals surface area contributed by atoms with Crippen LogP contribution in [-0.2, 0) is 4.79 Å². The van der Waals surface area contributed by atoms with E-state index in [0.717, 1.165) is 0 Å². The lowest BCUT2D eigenvalue weighted by atomic mass is 10.0. The third-order valence-corrected chi connectivity index (χ3v) is 4.39. The molecule has 0 saturated carbocycles. The maximum Gasteiger partial charge on any atom is 0.308 e. The molecule has 1 saturated heterocycles. The summed E-state index contributed by atoms with van der Waals surface area (Å²) < 4.78 is 0. The zero-order valence-corrected chi connectivity index (χ0v) is 12.4. The third-order valence-electron chi connectivity index (χ3n) is 4.39. The Morgan fingerprint density at radius 3 is 2.78 bits per heavy atom. The van der Waals surface area contributed by atoms with Gasteiger partial charge in [0.2, 0.25) is 0 Å². The summed E-state index contributed by atoms with van der Waals surface area (Å²) in [6.45, 7) is 2.06. The van der Waals surface area contributed by atoms with E-state index in [9.17, 15) is 19.7 Å². The molecular formula is C15H15N3O5. The molecule has 0 bridgehead atoms. The van der Waals surface area contributed by atoms with Crippen LogP contribution in [0.5, 0.6) is 0 Å². The van der Waals surface area contributed by atoms with Crippen LogP contribution in [0.2, 0.25) is 0 Å². The van der Waals surface area contributed by atoms with E-state index in [0.29, 0.717) is 23.9 Å². The van der Waals surface area contributed by atoms with Gasteiger partial charge < -0.3 is 15.0 Å². The number of fused-ring (bicyclic) bond motifs is 1. The highest BCUT2D eigenvalue weighted by atomic mass is 16.6. The van der Waals surface area contributed by atoms with E-state index in [1.165, 1.54) is 11.0 Å². The Hall–Kier alpha value is -2.90. The number of aliphatic carboxylic acids is 1. The number of nitro benzene ring substituents is 1. The number of likely N-dealkylation sites (tertiary alicyclic amines) is 1. The molecule has 1 aliphatic rings. The molecule has 8 heteroatoms. The summed E-state index contributed by atoms with van der Waals surface area (Å²) in [5.41, 5.74) is 0.425. The van der Waals surface area contributed by atoms with Gasteiger partial charge >= 0.3 is 5.97 Å². The summed E-state index contributed by atoms with van der Waals surface area (Å²) >= 11 is 0.